The molecule has 182 valence electrons. The number of pyridine rings is 2. The first kappa shape index (κ1) is 25.0. The minimum Gasteiger partial charge on any atom is -0.443 e. The molecule has 0 bridgehead atoms. The number of thioether (sulfide) groups is 1. The van der Waals surface area contributed by atoms with Gasteiger partial charge in [0.2, 0.25) is 0 Å². The van der Waals surface area contributed by atoms with Crippen molar-refractivity contribution < 1.29 is 27.1 Å². The zero-order chi connectivity index (χ0) is 25.7. The first-order valence-electron chi connectivity index (χ1n) is 10.8. The lowest BCUT2D eigenvalue weighted by Gasteiger charge is -2.21. The molecule has 3 heterocycles. The van der Waals surface area contributed by atoms with Crippen LogP contribution < -0.4 is 5.46 Å². The molecule has 0 fully saturated rings. The zero-order valence-electron chi connectivity index (χ0n) is 19.7. The Kier molecular flexibility index (Phi) is 6.33. The molecule has 0 unspecified atom stereocenters. The maximum absolute atomic E-state index is 15.9. The summed E-state index contributed by atoms with van der Waals surface area (Å²) in [5, 5.41) is 0.813. The third-order valence-corrected chi connectivity index (χ3v) is 6.02. The van der Waals surface area contributed by atoms with E-state index in [1.807, 2.05) is 39.0 Å². The summed E-state index contributed by atoms with van der Waals surface area (Å²) in [4.78, 5) is 22.2. The highest BCUT2D eigenvalue weighted by atomic mass is 32.2. The van der Waals surface area contributed by atoms with Crippen LogP contribution in [0.25, 0.3) is 33.3 Å². The lowest BCUT2D eigenvalue weighted by Crippen LogP contribution is -2.27. The van der Waals surface area contributed by atoms with Gasteiger partial charge in [0.25, 0.3) is 0 Å². The van der Waals surface area contributed by atoms with Gasteiger partial charge in [-0.2, -0.15) is 13.2 Å². The van der Waals surface area contributed by atoms with Crippen molar-refractivity contribution in [2.75, 3.05) is 5.75 Å². The van der Waals surface area contributed by atoms with Crippen molar-refractivity contribution in [2.45, 2.75) is 44.4 Å². The molecule has 4 aromatic rings. The first-order chi connectivity index (χ1) is 16.3. The quantitative estimate of drug-likeness (QED) is 0.208. The van der Waals surface area contributed by atoms with Crippen LogP contribution in [-0.2, 0) is 10.9 Å². The maximum atomic E-state index is 15.9. The smallest absolute Gasteiger partial charge is 0.419 e. The van der Waals surface area contributed by atoms with E-state index < -0.39 is 29.3 Å². The molecule has 0 N–H and O–H groups in total. The van der Waals surface area contributed by atoms with Crippen molar-refractivity contribution >= 4 is 53.1 Å². The fourth-order valence-corrected chi connectivity index (χ4v) is 4.48. The Morgan fingerprint density at radius 1 is 1.17 bits per heavy atom. The number of fused-ring (bicyclic) bond motifs is 2. The molecule has 5 nitrogen and oxygen atoms in total. The molecule has 0 aliphatic rings. The van der Waals surface area contributed by atoms with Crippen LogP contribution in [0.4, 0.5) is 22.4 Å². The summed E-state index contributed by atoms with van der Waals surface area (Å²) in [6.07, 6.45) is -5.21. The Morgan fingerprint density at radius 3 is 2.51 bits per heavy atom. The number of aromatic nitrogens is 3. The highest BCUT2D eigenvalue weighted by Crippen LogP contribution is 2.39. The van der Waals surface area contributed by atoms with Crippen molar-refractivity contribution in [3.63, 3.8) is 0 Å². The number of carbonyl (C=O) groups is 1. The summed E-state index contributed by atoms with van der Waals surface area (Å²) >= 11 is 1.38. The highest BCUT2D eigenvalue weighted by Gasteiger charge is 2.35. The normalized spacial score (nSPS) is 12.5. The van der Waals surface area contributed by atoms with E-state index in [0.717, 1.165) is 15.4 Å². The molecule has 35 heavy (non-hydrogen) atoms. The Labute approximate surface area is 204 Å². The van der Waals surface area contributed by atoms with Crippen molar-refractivity contribution in [2.24, 2.45) is 0 Å². The molecule has 0 radical (unpaired) electrons. The van der Waals surface area contributed by atoms with Gasteiger partial charge in [0.05, 0.1) is 16.6 Å². The number of hydrogen-bond acceptors (Lipinski definition) is 5. The van der Waals surface area contributed by atoms with Crippen LogP contribution in [0.2, 0.25) is 0 Å². The van der Waals surface area contributed by atoms with Crippen molar-refractivity contribution in [1.82, 2.24) is 14.5 Å². The molecule has 0 atom stereocenters. The van der Waals surface area contributed by atoms with E-state index >= 15 is 4.39 Å². The molecule has 0 aliphatic heterocycles. The van der Waals surface area contributed by atoms with Gasteiger partial charge in [-0.25, -0.2) is 18.7 Å². The monoisotopic (exact) mass is 503 g/mol. The van der Waals surface area contributed by atoms with Gasteiger partial charge < -0.3 is 4.74 Å². The molecule has 11 heteroatoms. The Morgan fingerprint density at radius 2 is 1.89 bits per heavy atom. The van der Waals surface area contributed by atoms with E-state index in [9.17, 15) is 18.0 Å². The predicted molar refractivity (Wildman–Crippen MR) is 132 cm³/mol. The van der Waals surface area contributed by atoms with E-state index in [0.29, 0.717) is 28.4 Å². The van der Waals surface area contributed by atoms with E-state index in [-0.39, 0.29) is 22.4 Å². The molecular formula is C24H22BF4N3O2S. The van der Waals surface area contributed by atoms with E-state index in [2.05, 4.69) is 9.97 Å². The van der Waals surface area contributed by atoms with E-state index in [1.165, 1.54) is 11.8 Å². The lowest BCUT2D eigenvalue weighted by atomic mass is 9.95. The summed E-state index contributed by atoms with van der Waals surface area (Å²) in [6.45, 7) is 6.75. The van der Waals surface area contributed by atoms with Gasteiger partial charge in [0, 0.05) is 16.5 Å². The van der Waals surface area contributed by atoms with Gasteiger partial charge in [0.15, 0.2) is 5.82 Å². The second-order valence-electron chi connectivity index (χ2n) is 9.03. The number of hydrogen-bond donors (Lipinski definition) is 0. The van der Waals surface area contributed by atoms with Crippen molar-refractivity contribution in [3.8, 4) is 11.4 Å². The second kappa shape index (κ2) is 8.85. The van der Waals surface area contributed by atoms with Crippen LogP contribution in [0.5, 0.6) is 0 Å². The van der Waals surface area contributed by atoms with Gasteiger partial charge in [0.1, 0.15) is 30.4 Å². The summed E-state index contributed by atoms with van der Waals surface area (Å²) < 4.78 is 62.5. The number of carbonyl (C=O) groups excluding carboxylic acids is 1. The summed E-state index contributed by atoms with van der Waals surface area (Å²) in [6, 6.07) is 8.16. The molecule has 0 saturated carbocycles. The van der Waals surface area contributed by atoms with Crippen molar-refractivity contribution in [3.05, 3.63) is 47.9 Å². The minimum atomic E-state index is -4.73. The fraction of sp³-hybridized carbons (Fsp3) is 0.292. The Hall–Kier alpha value is -3.08. The van der Waals surface area contributed by atoms with Crippen LogP contribution >= 0.6 is 11.8 Å². The molecule has 0 aliphatic carbocycles. The SMILES string of the molecule is Bc1ccc2cc(SCC)c(-c3c(F)c4ncc(C(F)(F)F)cc4n3C(=O)OC(C)(C)C)nc2c1. The number of halogens is 4. The zero-order valence-corrected chi connectivity index (χ0v) is 20.6. The topological polar surface area (TPSA) is 57.0 Å². The first-order valence-corrected chi connectivity index (χ1v) is 11.8. The third-order valence-electron chi connectivity index (χ3n) is 5.11. The highest BCUT2D eigenvalue weighted by molar-refractivity contribution is 7.99. The van der Waals surface area contributed by atoms with E-state index in [1.54, 1.807) is 20.8 Å². The molecule has 4 rings (SSSR count). The average molecular weight is 503 g/mol. The van der Waals surface area contributed by atoms with Gasteiger partial charge in [-0.05, 0) is 44.7 Å². The summed E-state index contributed by atoms with van der Waals surface area (Å²) in [7, 11) is 1.89. The van der Waals surface area contributed by atoms with Crippen LogP contribution in [0.1, 0.15) is 33.3 Å². The summed E-state index contributed by atoms with van der Waals surface area (Å²) in [5.74, 6) is -0.325. The Balaban J connectivity index is 2.11. The van der Waals surface area contributed by atoms with Gasteiger partial charge in [-0.1, -0.05) is 24.5 Å². The van der Waals surface area contributed by atoms with Gasteiger partial charge >= 0.3 is 12.3 Å². The van der Waals surface area contributed by atoms with Gasteiger partial charge in [-0.15, -0.1) is 11.8 Å². The standard InChI is InChI=1S/C24H22BF4N3O2S/c1-5-35-17-8-12-6-7-14(25)10-15(12)31-20(17)21-18(26)19-16(9-13(11-30-19)24(27,28)29)32(21)22(33)34-23(2,3)4/h6-11H,5,25H2,1-4H3. The number of rotatable bonds is 3. The van der Waals surface area contributed by atoms with Crippen LogP contribution in [0.15, 0.2) is 41.4 Å². The van der Waals surface area contributed by atoms with Gasteiger partial charge in [-0.3, -0.25) is 4.98 Å². The number of benzene rings is 1. The second-order valence-corrected chi connectivity index (χ2v) is 10.3. The fourth-order valence-electron chi connectivity index (χ4n) is 3.68. The number of nitrogens with zero attached hydrogens (tertiary/aromatic N) is 3. The maximum Gasteiger partial charge on any atom is 0.419 e. The van der Waals surface area contributed by atoms with Crippen LogP contribution in [-0.4, -0.2) is 39.8 Å². The van der Waals surface area contributed by atoms with E-state index in [4.69, 9.17) is 4.74 Å². The van der Waals surface area contributed by atoms with Crippen LogP contribution in [0, 0.1) is 5.82 Å². The molecule has 0 amide bonds. The predicted octanol–water partition coefficient (Wildman–Crippen LogP) is 5.56. The molecular weight excluding hydrogens is 481 g/mol. The minimum absolute atomic E-state index is 0.130. The summed E-state index contributed by atoms with van der Waals surface area (Å²) in [5.41, 5.74) is -1.49. The number of ether oxygens (including phenoxy) is 1. The lowest BCUT2D eigenvalue weighted by molar-refractivity contribution is -0.137. The molecule has 0 saturated heterocycles. The molecule has 3 aromatic heterocycles. The average Bonchev–Trinajstić information content (AvgIpc) is 3.04. The molecule has 0 spiro atoms. The van der Waals surface area contributed by atoms with Crippen LogP contribution in [0.3, 0.4) is 0 Å². The molecule has 1 aromatic carbocycles. The van der Waals surface area contributed by atoms with Crippen molar-refractivity contribution in [1.29, 1.82) is 0 Å². The Bertz CT molecular complexity index is 1460. The largest absolute Gasteiger partial charge is 0.443 e. The third kappa shape index (κ3) is 4.87. The number of alkyl halides is 3.